The zero-order chi connectivity index (χ0) is 16.8. The number of nitrogens with zero attached hydrogens (tertiary/aromatic N) is 1. The molecule has 9 heteroatoms. The van der Waals surface area contributed by atoms with Crippen LogP contribution in [-0.4, -0.2) is 52.4 Å². The molecule has 2 saturated heterocycles. The number of H-pyrrole nitrogens is 1. The Bertz CT molecular complexity index is 700. The molecule has 2 fully saturated rings. The van der Waals surface area contributed by atoms with Gasteiger partial charge in [0, 0.05) is 18.3 Å². The van der Waals surface area contributed by atoms with Gasteiger partial charge in [0.1, 0.15) is 18.3 Å². The molecule has 3 N–H and O–H groups in total. The van der Waals surface area contributed by atoms with Gasteiger partial charge in [-0.05, 0) is 33.1 Å². The van der Waals surface area contributed by atoms with Crippen molar-refractivity contribution in [2.24, 2.45) is 0 Å². The monoisotopic (exact) mass is 343 g/mol. The van der Waals surface area contributed by atoms with Gasteiger partial charge in [-0.2, -0.15) is 0 Å². The Morgan fingerprint density at radius 3 is 2.78 bits per heavy atom. The van der Waals surface area contributed by atoms with Gasteiger partial charge >= 0.3 is 0 Å². The van der Waals surface area contributed by atoms with Crippen molar-refractivity contribution in [1.82, 2.24) is 14.9 Å². The molecule has 0 amide bonds. The third-order valence-electron chi connectivity index (χ3n) is 3.99. The van der Waals surface area contributed by atoms with Gasteiger partial charge in [-0.1, -0.05) is 0 Å². The molecule has 3 rings (SSSR count). The van der Waals surface area contributed by atoms with E-state index in [1.165, 1.54) is 0 Å². The van der Waals surface area contributed by atoms with Gasteiger partial charge in [0.2, 0.25) is 0 Å². The van der Waals surface area contributed by atoms with E-state index in [0.717, 1.165) is 0 Å². The standard InChI is InChI=1S/C14H21N3O5S/c1-14(2)21-9-8(6-18)20-12(10(9)22-14)17-5-7(4-15-3)11(19)16-13(17)23/h5,8-10,12,15,18H,4,6H2,1-3H3,(H,16,19,23)/t8-,9?,10?,12-/m1/s1. The molecular weight excluding hydrogens is 322 g/mol. The molecule has 4 atom stereocenters. The highest BCUT2D eigenvalue weighted by Crippen LogP contribution is 2.42. The minimum Gasteiger partial charge on any atom is -0.394 e. The molecule has 2 unspecified atom stereocenters. The molecule has 8 nitrogen and oxygen atoms in total. The summed E-state index contributed by atoms with van der Waals surface area (Å²) in [6.07, 6.45) is -0.218. The quantitative estimate of drug-likeness (QED) is 0.664. The summed E-state index contributed by atoms with van der Waals surface area (Å²) in [5.74, 6) is -0.761. The van der Waals surface area contributed by atoms with E-state index >= 15 is 0 Å². The number of nitrogens with one attached hydrogen (secondary N) is 2. The molecule has 0 bridgehead atoms. The maximum Gasteiger partial charge on any atom is 0.256 e. The number of aromatic nitrogens is 2. The maximum absolute atomic E-state index is 11.9. The summed E-state index contributed by atoms with van der Waals surface area (Å²) in [4.78, 5) is 14.6. The zero-order valence-electron chi connectivity index (χ0n) is 13.2. The first-order valence-corrected chi connectivity index (χ1v) is 7.88. The molecule has 2 aliphatic rings. The average Bonchev–Trinajstić information content (AvgIpc) is 2.95. The Balaban J connectivity index is 2.00. The first-order valence-electron chi connectivity index (χ1n) is 7.47. The Labute approximate surface area is 138 Å². The van der Waals surface area contributed by atoms with E-state index in [1.807, 2.05) is 13.8 Å². The van der Waals surface area contributed by atoms with E-state index < -0.39 is 24.2 Å². The second-order valence-corrected chi connectivity index (χ2v) is 6.55. The van der Waals surface area contributed by atoms with Crippen LogP contribution in [0.15, 0.2) is 11.0 Å². The van der Waals surface area contributed by atoms with Crippen LogP contribution in [0.4, 0.5) is 0 Å². The number of fused-ring (bicyclic) bond motifs is 1. The third kappa shape index (κ3) is 3.00. The molecule has 3 heterocycles. The van der Waals surface area contributed by atoms with Crippen LogP contribution in [0.3, 0.4) is 0 Å². The molecule has 0 radical (unpaired) electrons. The lowest BCUT2D eigenvalue weighted by Gasteiger charge is -2.25. The number of rotatable bonds is 4. The summed E-state index contributed by atoms with van der Waals surface area (Å²) in [6, 6.07) is 0. The van der Waals surface area contributed by atoms with Crippen molar-refractivity contribution in [2.45, 2.75) is 50.7 Å². The van der Waals surface area contributed by atoms with Crippen molar-refractivity contribution in [3.63, 3.8) is 0 Å². The molecule has 128 valence electrons. The number of aliphatic hydroxyl groups excluding tert-OH is 1. The SMILES string of the molecule is CNCc1cn([C@@H]2O[C@H](CO)C3OC(C)(C)OC32)c(=S)[nH]c1=O. The summed E-state index contributed by atoms with van der Waals surface area (Å²) >= 11 is 5.26. The van der Waals surface area contributed by atoms with Crippen LogP contribution < -0.4 is 10.9 Å². The lowest BCUT2D eigenvalue weighted by Crippen LogP contribution is -2.31. The van der Waals surface area contributed by atoms with Gasteiger partial charge in [0.15, 0.2) is 16.8 Å². The van der Waals surface area contributed by atoms with Crippen molar-refractivity contribution in [2.75, 3.05) is 13.7 Å². The minimum atomic E-state index is -0.761. The fourth-order valence-electron chi connectivity index (χ4n) is 3.06. The van der Waals surface area contributed by atoms with Gasteiger partial charge in [0.25, 0.3) is 5.56 Å². The van der Waals surface area contributed by atoms with Crippen LogP contribution in [0, 0.1) is 4.77 Å². The maximum atomic E-state index is 11.9. The first-order chi connectivity index (χ1) is 10.9. The number of hydrogen-bond acceptors (Lipinski definition) is 7. The van der Waals surface area contributed by atoms with Crippen molar-refractivity contribution < 1.29 is 19.3 Å². The predicted octanol–water partition coefficient (Wildman–Crippen LogP) is 0.0351. The van der Waals surface area contributed by atoms with Crippen LogP contribution in [0.25, 0.3) is 0 Å². The summed E-state index contributed by atoms with van der Waals surface area (Å²) in [6.45, 7) is 3.85. The largest absolute Gasteiger partial charge is 0.394 e. The molecule has 0 spiro atoms. The topological polar surface area (TPSA) is 97.7 Å². The molecule has 0 aliphatic carbocycles. The van der Waals surface area contributed by atoms with Crippen LogP contribution in [-0.2, 0) is 20.8 Å². The van der Waals surface area contributed by atoms with E-state index in [4.69, 9.17) is 26.4 Å². The molecule has 23 heavy (non-hydrogen) atoms. The van der Waals surface area contributed by atoms with Gasteiger partial charge in [-0.25, -0.2) is 0 Å². The summed E-state index contributed by atoms with van der Waals surface area (Å²) in [5, 5.41) is 12.5. The second kappa shape index (κ2) is 6.08. The average molecular weight is 343 g/mol. The lowest BCUT2D eigenvalue weighted by atomic mass is 10.1. The van der Waals surface area contributed by atoms with E-state index in [2.05, 4.69) is 10.3 Å². The molecule has 1 aromatic rings. The van der Waals surface area contributed by atoms with Crippen LogP contribution >= 0.6 is 12.2 Å². The fourth-order valence-corrected chi connectivity index (χ4v) is 3.31. The van der Waals surface area contributed by atoms with E-state index in [-0.39, 0.29) is 23.0 Å². The fraction of sp³-hybridized carbons (Fsp3) is 0.714. The van der Waals surface area contributed by atoms with Gasteiger partial charge in [-0.15, -0.1) is 0 Å². The van der Waals surface area contributed by atoms with Gasteiger partial charge in [0.05, 0.1) is 6.61 Å². The van der Waals surface area contributed by atoms with Crippen molar-refractivity contribution in [1.29, 1.82) is 0 Å². The highest BCUT2D eigenvalue weighted by molar-refractivity contribution is 7.71. The van der Waals surface area contributed by atoms with Crippen molar-refractivity contribution in [3.8, 4) is 0 Å². The van der Waals surface area contributed by atoms with E-state index in [1.54, 1.807) is 17.8 Å². The predicted molar refractivity (Wildman–Crippen MR) is 83.5 cm³/mol. The molecule has 0 aromatic carbocycles. The lowest BCUT2D eigenvalue weighted by molar-refractivity contribution is -0.200. The van der Waals surface area contributed by atoms with Gasteiger partial charge < -0.3 is 24.6 Å². The highest BCUT2D eigenvalue weighted by Gasteiger charge is 2.55. The number of aliphatic hydroxyl groups is 1. The number of hydrogen-bond donors (Lipinski definition) is 3. The number of aromatic amines is 1. The van der Waals surface area contributed by atoms with Crippen LogP contribution in [0.5, 0.6) is 0 Å². The van der Waals surface area contributed by atoms with E-state index in [9.17, 15) is 9.90 Å². The van der Waals surface area contributed by atoms with Crippen molar-refractivity contribution >= 4 is 12.2 Å². The van der Waals surface area contributed by atoms with Gasteiger partial charge in [-0.3, -0.25) is 14.3 Å². The minimum absolute atomic E-state index is 0.183. The summed E-state index contributed by atoms with van der Waals surface area (Å²) < 4.78 is 19.5. The highest BCUT2D eigenvalue weighted by atomic mass is 32.1. The Morgan fingerprint density at radius 1 is 1.43 bits per heavy atom. The van der Waals surface area contributed by atoms with Crippen molar-refractivity contribution in [3.05, 3.63) is 26.9 Å². The van der Waals surface area contributed by atoms with Crippen LogP contribution in [0.2, 0.25) is 0 Å². The second-order valence-electron chi connectivity index (χ2n) is 6.16. The first kappa shape index (κ1) is 16.7. The smallest absolute Gasteiger partial charge is 0.256 e. The summed E-state index contributed by atoms with van der Waals surface area (Å²) in [7, 11) is 1.76. The Morgan fingerprint density at radius 2 is 2.13 bits per heavy atom. The normalized spacial score (nSPS) is 32.2. The molecular formula is C14H21N3O5S. The zero-order valence-corrected chi connectivity index (χ0v) is 14.1. The Hall–Kier alpha value is -1.10. The molecule has 0 saturated carbocycles. The molecule has 2 aliphatic heterocycles. The number of ether oxygens (including phenoxy) is 3. The van der Waals surface area contributed by atoms with E-state index in [0.29, 0.717) is 12.1 Å². The molecule has 1 aromatic heterocycles. The third-order valence-corrected chi connectivity index (χ3v) is 4.30. The summed E-state index contributed by atoms with van der Waals surface area (Å²) in [5.41, 5.74) is 0.296. The van der Waals surface area contributed by atoms with Crippen LogP contribution in [0.1, 0.15) is 25.6 Å². The Kier molecular flexibility index (Phi) is 4.43.